The van der Waals surface area contributed by atoms with Crippen molar-refractivity contribution < 1.29 is 17.7 Å². The molecule has 0 N–H and O–H groups in total. The normalized spacial score (nSPS) is 14.4. The summed E-state index contributed by atoms with van der Waals surface area (Å²) in [6.45, 7) is 16.3. The van der Waals surface area contributed by atoms with Gasteiger partial charge in [0.05, 0.1) is 19.8 Å². The third-order valence-electron chi connectivity index (χ3n) is 4.55. The first kappa shape index (κ1) is 25.7. The van der Waals surface area contributed by atoms with E-state index in [2.05, 4.69) is 51.8 Å². The Balaban J connectivity index is 2.26. The molecule has 0 aliphatic heterocycles. The molecule has 7 heteroatoms. The van der Waals surface area contributed by atoms with Crippen LogP contribution in [0.3, 0.4) is 0 Å². The number of rotatable bonds is 16. The molecule has 0 radical (unpaired) electrons. The van der Waals surface area contributed by atoms with Crippen molar-refractivity contribution in [2.75, 3.05) is 19.8 Å². The molecule has 1 unspecified atom stereocenters. The second kappa shape index (κ2) is 13.8. The van der Waals surface area contributed by atoms with Gasteiger partial charge in [-0.3, -0.25) is 0 Å². The van der Waals surface area contributed by atoms with Gasteiger partial charge < -0.3 is 17.7 Å². The maximum atomic E-state index is 6.74. The summed E-state index contributed by atoms with van der Waals surface area (Å²) in [7, 11) is -4.82. The number of unbranched alkanes of at least 4 members (excludes halogenated alkanes) is 1. The van der Waals surface area contributed by atoms with Crippen molar-refractivity contribution in [3.8, 4) is 0 Å². The molecule has 1 aromatic rings. The van der Waals surface area contributed by atoms with Crippen molar-refractivity contribution in [3.05, 3.63) is 35.9 Å². The maximum Gasteiger partial charge on any atom is 0.310 e. The fourth-order valence-electron chi connectivity index (χ4n) is 3.50. The largest absolute Gasteiger partial charge is 0.440 e. The van der Waals surface area contributed by atoms with Gasteiger partial charge in [-0.2, -0.15) is 0 Å². The minimum absolute atomic E-state index is 0.642. The van der Waals surface area contributed by atoms with Gasteiger partial charge in [-0.05, 0) is 56.8 Å². The Morgan fingerprint density at radius 2 is 1.50 bits per heavy atom. The van der Waals surface area contributed by atoms with Crippen LogP contribution < -0.4 is 0 Å². The van der Waals surface area contributed by atoms with Crippen molar-refractivity contribution in [3.63, 3.8) is 0 Å². The van der Waals surface area contributed by atoms with Gasteiger partial charge in [-0.25, -0.2) is 0 Å². The molecular weight excluding hydrogens is 400 g/mol. The van der Waals surface area contributed by atoms with E-state index in [0.29, 0.717) is 19.8 Å². The standard InChI is InChI=1S/C21H42O4Si3/c1-7-8-18-28(6,25-27(4,5)24-26(2)3)19-12-15-22-16-17-23-20-21-13-10-9-11-14-21/h9-11,13-14,26H,7-8,12,15-20H2,1-6H3. The monoisotopic (exact) mass is 442 g/mol. The van der Waals surface area contributed by atoms with E-state index in [1.807, 2.05) is 18.2 Å². The molecule has 1 atom stereocenters. The third kappa shape index (κ3) is 12.3. The molecule has 4 nitrogen and oxygen atoms in total. The van der Waals surface area contributed by atoms with Crippen LogP contribution in [-0.4, -0.2) is 45.7 Å². The molecule has 0 fully saturated rings. The molecule has 0 saturated heterocycles. The summed E-state index contributed by atoms with van der Waals surface area (Å²) >= 11 is 0. The van der Waals surface area contributed by atoms with Crippen molar-refractivity contribution in [1.29, 1.82) is 0 Å². The molecule has 0 aliphatic rings. The van der Waals surface area contributed by atoms with Crippen molar-refractivity contribution in [2.45, 2.75) is 77.6 Å². The maximum absolute atomic E-state index is 6.74. The SMILES string of the molecule is CCCC[Si](C)(CCCOCCOCc1ccccc1)O[Si](C)(C)O[SiH](C)C. The van der Waals surface area contributed by atoms with E-state index >= 15 is 0 Å². The van der Waals surface area contributed by atoms with Crippen LogP contribution in [0.15, 0.2) is 30.3 Å². The van der Waals surface area contributed by atoms with Crippen LogP contribution in [0.4, 0.5) is 0 Å². The summed E-state index contributed by atoms with van der Waals surface area (Å²) < 4.78 is 24.5. The molecule has 1 aromatic carbocycles. The van der Waals surface area contributed by atoms with E-state index in [-0.39, 0.29) is 0 Å². The van der Waals surface area contributed by atoms with E-state index < -0.39 is 25.9 Å². The molecule has 28 heavy (non-hydrogen) atoms. The number of benzene rings is 1. The molecule has 0 bridgehead atoms. The fourth-order valence-corrected chi connectivity index (χ4v) is 16.5. The molecule has 162 valence electrons. The Labute approximate surface area is 177 Å². The van der Waals surface area contributed by atoms with Crippen LogP contribution in [-0.2, 0) is 24.3 Å². The number of hydrogen-bond acceptors (Lipinski definition) is 4. The molecule has 0 spiro atoms. The summed E-state index contributed by atoms with van der Waals surface area (Å²) in [5.74, 6) is 0. The van der Waals surface area contributed by atoms with E-state index in [1.165, 1.54) is 24.4 Å². The average Bonchev–Trinajstić information content (AvgIpc) is 2.61. The topological polar surface area (TPSA) is 36.9 Å². The lowest BCUT2D eigenvalue weighted by atomic mass is 10.2. The van der Waals surface area contributed by atoms with Crippen LogP contribution in [0.1, 0.15) is 31.7 Å². The van der Waals surface area contributed by atoms with Gasteiger partial charge in [-0.1, -0.05) is 50.1 Å². The minimum Gasteiger partial charge on any atom is -0.440 e. The van der Waals surface area contributed by atoms with Crippen molar-refractivity contribution >= 4 is 25.9 Å². The average molecular weight is 443 g/mol. The molecule has 0 amide bonds. The summed E-state index contributed by atoms with van der Waals surface area (Å²) in [6, 6.07) is 12.6. The predicted molar refractivity (Wildman–Crippen MR) is 126 cm³/mol. The van der Waals surface area contributed by atoms with Gasteiger partial charge in [0.1, 0.15) is 0 Å². The first-order chi connectivity index (χ1) is 13.3. The Bertz CT molecular complexity index is 514. The summed E-state index contributed by atoms with van der Waals surface area (Å²) in [5.41, 5.74) is 1.20. The highest BCUT2D eigenvalue weighted by Gasteiger charge is 2.37. The highest BCUT2D eigenvalue weighted by molar-refractivity contribution is 6.85. The quantitative estimate of drug-likeness (QED) is 0.243. The van der Waals surface area contributed by atoms with Crippen LogP contribution in [0.5, 0.6) is 0 Å². The zero-order valence-corrected chi connectivity index (χ0v) is 22.1. The Hall–Kier alpha value is -0.289. The second-order valence-corrected chi connectivity index (χ2v) is 19.0. The summed E-state index contributed by atoms with van der Waals surface area (Å²) in [5, 5.41) is 0. The van der Waals surface area contributed by atoms with Crippen molar-refractivity contribution in [2.24, 2.45) is 0 Å². The molecular formula is C21H42O4Si3. The third-order valence-corrected chi connectivity index (χ3v) is 15.5. The van der Waals surface area contributed by atoms with E-state index in [1.54, 1.807) is 0 Å². The van der Waals surface area contributed by atoms with Gasteiger partial charge in [0.2, 0.25) is 0 Å². The van der Waals surface area contributed by atoms with E-state index in [4.69, 9.17) is 17.7 Å². The first-order valence-electron chi connectivity index (χ1n) is 10.8. The summed E-state index contributed by atoms with van der Waals surface area (Å²) in [4.78, 5) is 0. The fraction of sp³-hybridized carbons (Fsp3) is 0.714. The molecule has 0 aliphatic carbocycles. The highest BCUT2D eigenvalue weighted by atomic mass is 28.5. The van der Waals surface area contributed by atoms with Gasteiger partial charge in [0.25, 0.3) is 0 Å². The first-order valence-corrected chi connectivity index (χ1v) is 19.3. The van der Waals surface area contributed by atoms with E-state index in [9.17, 15) is 0 Å². The second-order valence-electron chi connectivity index (χ2n) is 8.48. The van der Waals surface area contributed by atoms with E-state index in [0.717, 1.165) is 19.1 Å². The lowest BCUT2D eigenvalue weighted by Gasteiger charge is -2.37. The van der Waals surface area contributed by atoms with Crippen LogP contribution in [0.25, 0.3) is 0 Å². The van der Waals surface area contributed by atoms with Gasteiger partial charge >= 0.3 is 8.56 Å². The molecule has 1 rings (SSSR count). The molecule has 0 aromatic heterocycles. The smallest absolute Gasteiger partial charge is 0.310 e. The van der Waals surface area contributed by atoms with Crippen molar-refractivity contribution in [1.82, 2.24) is 0 Å². The predicted octanol–water partition coefficient (Wildman–Crippen LogP) is 5.70. The Morgan fingerprint density at radius 1 is 0.857 bits per heavy atom. The number of hydrogen-bond donors (Lipinski definition) is 0. The minimum atomic E-state index is -2.01. The van der Waals surface area contributed by atoms with Crippen LogP contribution >= 0.6 is 0 Å². The zero-order valence-electron chi connectivity index (χ0n) is 19.0. The highest BCUT2D eigenvalue weighted by Crippen LogP contribution is 2.27. The zero-order chi connectivity index (χ0) is 20.9. The Morgan fingerprint density at radius 3 is 2.14 bits per heavy atom. The van der Waals surface area contributed by atoms with Crippen LogP contribution in [0.2, 0.25) is 44.8 Å². The van der Waals surface area contributed by atoms with Gasteiger partial charge in [0.15, 0.2) is 17.4 Å². The molecule has 0 saturated carbocycles. The number of ether oxygens (including phenoxy) is 2. The summed E-state index contributed by atoms with van der Waals surface area (Å²) in [6.07, 6.45) is 3.54. The van der Waals surface area contributed by atoms with Crippen LogP contribution in [0, 0.1) is 0 Å². The van der Waals surface area contributed by atoms with Gasteiger partial charge in [0, 0.05) is 6.61 Å². The lowest BCUT2D eigenvalue weighted by Crippen LogP contribution is -2.50. The Kier molecular flexibility index (Phi) is 12.7. The molecule has 0 heterocycles. The van der Waals surface area contributed by atoms with Gasteiger partial charge in [-0.15, -0.1) is 0 Å². The lowest BCUT2D eigenvalue weighted by molar-refractivity contribution is 0.0406.